The van der Waals surface area contributed by atoms with Crippen LogP contribution in [0.15, 0.2) is 12.2 Å². The summed E-state index contributed by atoms with van der Waals surface area (Å²) >= 11 is 0. The molecule has 1 heteroatoms. The number of aliphatic hydroxyl groups is 1. The van der Waals surface area contributed by atoms with Crippen molar-refractivity contribution in [3.8, 4) is 0 Å². The molecule has 0 aromatic rings. The predicted octanol–water partition coefficient (Wildman–Crippen LogP) is 2.22. The first kappa shape index (κ1) is 7.92. The molecule has 14 heavy (non-hydrogen) atoms. The second-order valence-electron chi connectivity index (χ2n) is 5.96. The molecule has 4 rings (SSSR count). The first-order valence-electron chi connectivity index (χ1n) is 6.15. The standard InChI is InChI=1S/C13H18O/c14-7-13-10-3-1-8(5-10)12(13)9-2-4-11(13)6-9/h1,3,8-12,14H,2,4-7H2. The van der Waals surface area contributed by atoms with Gasteiger partial charge in [0, 0.05) is 12.0 Å². The number of rotatable bonds is 1. The Bertz CT molecular complexity index is 308. The Hall–Kier alpha value is -0.300. The molecule has 6 unspecified atom stereocenters. The van der Waals surface area contributed by atoms with Crippen molar-refractivity contribution in [1.82, 2.24) is 0 Å². The zero-order valence-corrected chi connectivity index (χ0v) is 8.52. The maximum atomic E-state index is 9.84. The Morgan fingerprint density at radius 2 is 2.14 bits per heavy atom. The summed E-state index contributed by atoms with van der Waals surface area (Å²) in [6.45, 7) is 0.463. The van der Waals surface area contributed by atoms with Crippen molar-refractivity contribution in [3.05, 3.63) is 12.2 Å². The van der Waals surface area contributed by atoms with Crippen molar-refractivity contribution in [2.45, 2.75) is 25.7 Å². The highest BCUT2D eigenvalue weighted by Gasteiger charge is 2.67. The minimum absolute atomic E-state index is 0.350. The summed E-state index contributed by atoms with van der Waals surface area (Å²) in [4.78, 5) is 0. The van der Waals surface area contributed by atoms with Crippen LogP contribution in [0.4, 0.5) is 0 Å². The molecule has 4 aliphatic carbocycles. The molecule has 0 radical (unpaired) electrons. The van der Waals surface area contributed by atoms with Gasteiger partial charge in [-0.15, -0.1) is 0 Å². The van der Waals surface area contributed by atoms with E-state index in [0.29, 0.717) is 12.0 Å². The molecule has 1 nitrogen and oxygen atoms in total. The molecule has 6 atom stereocenters. The second kappa shape index (κ2) is 2.27. The van der Waals surface area contributed by atoms with Crippen LogP contribution in [-0.4, -0.2) is 11.7 Å². The number of hydrogen-bond acceptors (Lipinski definition) is 1. The topological polar surface area (TPSA) is 20.2 Å². The van der Waals surface area contributed by atoms with Crippen molar-refractivity contribution in [3.63, 3.8) is 0 Å². The zero-order valence-electron chi connectivity index (χ0n) is 8.52. The van der Waals surface area contributed by atoms with Gasteiger partial charge in [0.15, 0.2) is 0 Å². The van der Waals surface area contributed by atoms with Gasteiger partial charge in [0.1, 0.15) is 0 Å². The molecule has 0 heterocycles. The van der Waals surface area contributed by atoms with E-state index in [4.69, 9.17) is 0 Å². The molecule has 3 saturated carbocycles. The fourth-order valence-corrected chi connectivity index (χ4v) is 5.58. The maximum Gasteiger partial charge on any atom is 0.0498 e. The van der Waals surface area contributed by atoms with Crippen molar-refractivity contribution in [2.75, 3.05) is 6.61 Å². The summed E-state index contributed by atoms with van der Waals surface area (Å²) in [7, 11) is 0. The smallest absolute Gasteiger partial charge is 0.0498 e. The SMILES string of the molecule is OCC12C3C=CC(C3)C1C1CCC2C1. The highest BCUT2D eigenvalue weighted by Crippen LogP contribution is 2.72. The highest BCUT2D eigenvalue weighted by atomic mass is 16.3. The van der Waals surface area contributed by atoms with Crippen LogP contribution in [0.1, 0.15) is 25.7 Å². The Balaban J connectivity index is 1.87. The zero-order chi connectivity index (χ0) is 9.34. The maximum absolute atomic E-state index is 9.84. The molecule has 0 aromatic carbocycles. The van der Waals surface area contributed by atoms with Crippen LogP contribution in [0.25, 0.3) is 0 Å². The van der Waals surface area contributed by atoms with Crippen LogP contribution in [0, 0.1) is 35.0 Å². The van der Waals surface area contributed by atoms with Crippen LogP contribution in [-0.2, 0) is 0 Å². The number of aliphatic hydroxyl groups excluding tert-OH is 1. The van der Waals surface area contributed by atoms with Crippen LogP contribution >= 0.6 is 0 Å². The van der Waals surface area contributed by atoms with Gasteiger partial charge in [-0.3, -0.25) is 0 Å². The van der Waals surface area contributed by atoms with Crippen molar-refractivity contribution in [1.29, 1.82) is 0 Å². The minimum Gasteiger partial charge on any atom is -0.396 e. The van der Waals surface area contributed by atoms with Crippen molar-refractivity contribution >= 4 is 0 Å². The van der Waals surface area contributed by atoms with Crippen molar-refractivity contribution < 1.29 is 5.11 Å². The van der Waals surface area contributed by atoms with E-state index in [1.807, 2.05) is 0 Å². The molecular formula is C13H18O. The lowest BCUT2D eigenvalue weighted by Gasteiger charge is -2.44. The summed E-state index contributed by atoms with van der Waals surface area (Å²) in [5.74, 6) is 4.26. The fraction of sp³-hybridized carbons (Fsp3) is 0.846. The van der Waals surface area contributed by atoms with E-state index in [0.717, 1.165) is 29.6 Å². The van der Waals surface area contributed by atoms with Gasteiger partial charge < -0.3 is 5.11 Å². The molecule has 76 valence electrons. The van der Waals surface area contributed by atoms with E-state index >= 15 is 0 Å². The lowest BCUT2D eigenvalue weighted by Crippen LogP contribution is -2.42. The quantitative estimate of drug-likeness (QED) is 0.496. The van der Waals surface area contributed by atoms with Gasteiger partial charge in [-0.1, -0.05) is 12.2 Å². The summed E-state index contributed by atoms with van der Waals surface area (Å²) in [6.07, 6.45) is 10.5. The lowest BCUT2D eigenvalue weighted by molar-refractivity contribution is 0.0000427. The molecule has 4 aliphatic rings. The van der Waals surface area contributed by atoms with Gasteiger partial charge in [-0.05, 0) is 55.3 Å². The van der Waals surface area contributed by atoms with Crippen LogP contribution in [0.3, 0.4) is 0 Å². The molecule has 4 bridgehead atoms. The van der Waals surface area contributed by atoms with E-state index in [9.17, 15) is 5.11 Å². The van der Waals surface area contributed by atoms with E-state index < -0.39 is 0 Å². The number of allylic oxidation sites excluding steroid dienone is 2. The molecular weight excluding hydrogens is 172 g/mol. The van der Waals surface area contributed by atoms with Crippen LogP contribution in [0.5, 0.6) is 0 Å². The fourth-order valence-electron chi connectivity index (χ4n) is 5.58. The Labute approximate surface area is 85.2 Å². The minimum atomic E-state index is 0.350. The normalized spacial score (nSPS) is 62.5. The summed E-state index contributed by atoms with van der Waals surface area (Å²) in [5.41, 5.74) is 0.350. The van der Waals surface area contributed by atoms with Gasteiger partial charge >= 0.3 is 0 Å². The average Bonchev–Trinajstić information content (AvgIpc) is 2.95. The summed E-state index contributed by atoms with van der Waals surface area (Å²) in [5, 5.41) is 9.84. The van der Waals surface area contributed by atoms with E-state index in [2.05, 4.69) is 12.2 Å². The third kappa shape index (κ3) is 0.614. The molecule has 0 aliphatic heterocycles. The largest absolute Gasteiger partial charge is 0.396 e. The van der Waals surface area contributed by atoms with Crippen LogP contribution < -0.4 is 0 Å². The summed E-state index contributed by atoms with van der Waals surface area (Å²) in [6, 6.07) is 0. The molecule has 1 N–H and O–H groups in total. The molecule has 0 amide bonds. The van der Waals surface area contributed by atoms with E-state index in [-0.39, 0.29) is 0 Å². The average molecular weight is 190 g/mol. The lowest BCUT2D eigenvalue weighted by atomic mass is 9.61. The van der Waals surface area contributed by atoms with Gasteiger partial charge in [0.2, 0.25) is 0 Å². The van der Waals surface area contributed by atoms with Crippen molar-refractivity contribution in [2.24, 2.45) is 35.0 Å². The van der Waals surface area contributed by atoms with Gasteiger partial charge in [-0.2, -0.15) is 0 Å². The molecule has 0 spiro atoms. The van der Waals surface area contributed by atoms with Gasteiger partial charge in [-0.25, -0.2) is 0 Å². The number of fused-ring (bicyclic) bond motifs is 9. The Kier molecular flexibility index (Phi) is 1.28. The Morgan fingerprint density at radius 3 is 2.93 bits per heavy atom. The van der Waals surface area contributed by atoms with Crippen LogP contribution in [0.2, 0.25) is 0 Å². The molecule has 3 fully saturated rings. The second-order valence-corrected chi connectivity index (χ2v) is 5.96. The summed E-state index contributed by atoms with van der Waals surface area (Å²) < 4.78 is 0. The monoisotopic (exact) mass is 190 g/mol. The predicted molar refractivity (Wildman–Crippen MR) is 54.6 cm³/mol. The number of hydrogen-bond donors (Lipinski definition) is 1. The molecule has 0 aromatic heterocycles. The van der Waals surface area contributed by atoms with E-state index in [1.165, 1.54) is 25.7 Å². The third-order valence-corrected chi connectivity index (χ3v) is 5.90. The first-order chi connectivity index (χ1) is 6.86. The highest BCUT2D eigenvalue weighted by molar-refractivity contribution is 5.25. The first-order valence-corrected chi connectivity index (χ1v) is 6.15. The van der Waals surface area contributed by atoms with Gasteiger partial charge in [0.05, 0.1) is 0 Å². The van der Waals surface area contributed by atoms with Gasteiger partial charge in [0.25, 0.3) is 0 Å². The molecule has 0 saturated heterocycles. The Morgan fingerprint density at radius 1 is 1.21 bits per heavy atom. The van der Waals surface area contributed by atoms with E-state index in [1.54, 1.807) is 0 Å². The third-order valence-electron chi connectivity index (χ3n) is 5.90.